The van der Waals surface area contributed by atoms with Crippen molar-refractivity contribution in [3.8, 4) is 5.75 Å². The second-order valence-corrected chi connectivity index (χ2v) is 7.00. The summed E-state index contributed by atoms with van der Waals surface area (Å²) in [5.74, 6) is -0.0311. The summed E-state index contributed by atoms with van der Waals surface area (Å²) in [7, 11) is 0. The molecule has 0 spiro atoms. The Kier molecular flexibility index (Phi) is 7.51. The molecule has 0 aliphatic rings. The minimum Gasteiger partial charge on any atom is -0.435 e. The van der Waals surface area contributed by atoms with Crippen molar-refractivity contribution in [1.29, 1.82) is 0 Å². The Morgan fingerprint density at radius 1 is 0.867 bits per heavy atom. The fraction of sp³-hybridized carbons (Fsp3) is 0.208. The lowest BCUT2D eigenvalue weighted by atomic mass is 9.98. The van der Waals surface area contributed by atoms with Gasteiger partial charge in [-0.15, -0.1) is 0 Å². The van der Waals surface area contributed by atoms with Crippen LogP contribution in [0.4, 0.5) is 8.78 Å². The largest absolute Gasteiger partial charge is 0.435 e. The molecule has 1 amide bonds. The van der Waals surface area contributed by atoms with Gasteiger partial charge < -0.3 is 15.4 Å². The molecule has 0 saturated carbocycles. The predicted molar refractivity (Wildman–Crippen MR) is 111 cm³/mol. The lowest BCUT2D eigenvalue weighted by molar-refractivity contribution is -0.682. The number of nitrogens with one attached hydrogen (secondary N) is 1. The first-order valence-corrected chi connectivity index (χ1v) is 9.80. The van der Waals surface area contributed by atoms with Crippen LogP contribution in [-0.2, 0) is 4.79 Å². The summed E-state index contributed by atoms with van der Waals surface area (Å²) in [6.07, 6.45) is 0. The quantitative estimate of drug-likeness (QED) is 0.563. The van der Waals surface area contributed by atoms with Gasteiger partial charge in [0, 0.05) is 5.56 Å². The maximum Gasteiger partial charge on any atom is 0.387 e. The lowest BCUT2D eigenvalue weighted by Gasteiger charge is -2.20. The second-order valence-electron chi connectivity index (χ2n) is 7.00. The van der Waals surface area contributed by atoms with Gasteiger partial charge in [-0.05, 0) is 30.2 Å². The number of hydrogen-bond donors (Lipinski definition) is 2. The number of hydrogen-bond acceptors (Lipinski definition) is 2. The number of carbonyl (C=O) groups is 1. The number of quaternary nitrogens is 1. The Hall–Kier alpha value is -3.25. The van der Waals surface area contributed by atoms with Gasteiger partial charge in [-0.2, -0.15) is 8.78 Å². The molecular formula is C24H25F2N2O2+. The van der Waals surface area contributed by atoms with Gasteiger partial charge in [-0.3, -0.25) is 4.79 Å². The summed E-state index contributed by atoms with van der Waals surface area (Å²) in [6.45, 7) is -0.548. The highest BCUT2D eigenvalue weighted by atomic mass is 19.3. The van der Waals surface area contributed by atoms with Crippen LogP contribution in [0.5, 0.6) is 5.75 Å². The molecule has 0 aliphatic heterocycles. The molecule has 0 fully saturated rings. The monoisotopic (exact) mass is 411 g/mol. The van der Waals surface area contributed by atoms with Gasteiger partial charge in [0.15, 0.2) is 6.54 Å². The molecule has 156 valence electrons. The Morgan fingerprint density at radius 2 is 1.40 bits per heavy atom. The Balaban J connectivity index is 1.69. The highest BCUT2D eigenvalue weighted by molar-refractivity contribution is 5.77. The summed E-state index contributed by atoms with van der Waals surface area (Å²) in [5, 5.41) is 5.04. The third-order valence-electron chi connectivity index (χ3n) is 4.86. The smallest absolute Gasteiger partial charge is 0.387 e. The van der Waals surface area contributed by atoms with Crippen molar-refractivity contribution in [3.63, 3.8) is 0 Å². The first kappa shape index (κ1) is 21.5. The first-order chi connectivity index (χ1) is 14.5. The molecule has 0 heterocycles. The summed E-state index contributed by atoms with van der Waals surface area (Å²) < 4.78 is 29.2. The maximum atomic E-state index is 12.7. The van der Waals surface area contributed by atoms with Crippen LogP contribution in [0.25, 0.3) is 0 Å². The van der Waals surface area contributed by atoms with E-state index in [1.165, 1.54) is 12.1 Å². The van der Waals surface area contributed by atoms with E-state index in [1.807, 2.05) is 66.0 Å². The topological polar surface area (TPSA) is 54.9 Å². The zero-order valence-corrected chi connectivity index (χ0v) is 16.7. The third-order valence-corrected chi connectivity index (χ3v) is 4.86. The molecule has 0 bridgehead atoms. The van der Waals surface area contributed by atoms with Crippen molar-refractivity contribution in [2.24, 2.45) is 0 Å². The van der Waals surface area contributed by atoms with Crippen molar-refractivity contribution >= 4 is 5.91 Å². The Labute approximate surface area is 174 Å². The van der Waals surface area contributed by atoms with E-state index in [-0.39, 0.29) is 30.3 Å². The number of rotatable bonds is 9. The van der Waals surface area contributed by atoms with Gasteiger partial charge in [-0.1, -0.05) is 72.8 Å². The van der Waals surface area contributed by atoms with E-state index in [1.54, 1.807) is 12.1 Å². The van der Waals surface area contributed by atoms with Crippen molar-refractivity contribution in [3.05, 3.63) is 102 Å². The molecule has 0 unspecified atom stereocenters. The normalized spacial score (nSPS) is 12.9. The number of halogens is 2. The fourth-order valence-corrected chi connectivity index (χ4v) is 3.24. The average molecular weight is 411 g/mol. The summed E-state index contributed by atoms with van der Waals surface area (Å²) in [6, 6.07) is 25.6. The van der Waals surface area contributed by atoms with Gasteiger partial charge in [0.25, 0.3) is 5.91 Å². The molecule has 3 aromatic carbocycles. The number of ether oxygens (including phenoxy) is 1. The minimum absolute atomic E-state index is 0.0805. The van der Waals surface area contributed by atoms with E-state index in [2.05, 4.69) is 17.0 Å². The van der Waals surface area contributed by atoms with E-state index < -0.39 is 6.61 Å². The molecule has 6 heteroatoms. The molecule has 0 aliphatic carbocycles. The van der Waals surface area contributed by atoms with E-state index in [4.69, 9.17) is 0 Å². The number of nitrogens with two attached hydrogens (primary N) is 1. The highest BCUT2D eigenvalue weighted by Gasteiger charge is 2.19. The Morgan fingerprint density at radius 3 is 1.97 bits per heavy atom. The molecule has 3 rings (SSSR count). The summed E-state index contributed by atoms with van der Waals surface area (Å²) >= 11 is 0. The van der Waals surface area contributed by atoms with Gasteiger partial charge in [0.05, 0.1) is 6.04 Å². The maximum absolute atomic E-state index is 12.7. The predicted octanol–water partition coefficient (Wildman–Crippen LogP) is 3.82. The second kappa shape index (κ2) is 10.5. The number of alkyl halides is 2. The SMILES string of the molecule is C[C@H]([NH2+]CC(=O)N[C@H](c1ccccc1)c1ccc(OC(F)F)cc1)c1ccccc1. The van der Waals surface area contributed by atoms with Crippen LogP contribution in [-0.4, -0.2) is 19.1 Å². The summed E-state index contributed by atoms with van der Waals surface area (Å²) in [4.78, 5) is 12.7. The van der Waals surface area contributed by atoms with Crippen molar-refractivity contribution < 1.29 is 23.6 Å². The number of benzene rings is 3. The molecule has 0 saturated heterocycles. The molecule has 4 nitrogen and oxygen atoms in total. The van der Waals surface area contributed by atoms with Crippen LogP contribution in [0.15, 0.2) is 84.9 Å². The standard InChI is InChI=1S/C24H24F2N2O2/c1-17(18-8-4-2-5-9-18)27-16-22(29)28-23(19-10-6-3-7-11-19)20-12-14-21(15-13-20)30-24(25)26/h2-15,17,23-24,27H,16H2,1H3,(H,28,29)/p+1/t17-,23+/m0/s1. The van der Waals surface area contributed by atoms with Crippen LogP contribution in [0.3, 0.4) is 0 Å². The molecule has 3 N–H and O–H groups in total. The molecular weight excluding hydrogens is 386 g/mol. The third kappa shape index (κ3) is 6.12. The highest BCUT2D eigenvalue weighted by Crippen LogP contribution is 2.24. The lowest BCUT2D eigenvalue weighted by Crippen LogP contribution is -2.87. The average Bonchev–Trinajstić information content (AvgIpc) is 2.77. The fourth-order valence-electron chi connectivity index (χ4n) is 3.24. The van der Waals surface area contributed by atoms with Crippen LogP contribution >= 0.6 is 0 Å². The molecule has 0 radical (unpaired) electrons. The van der Waals surface area contributed by atoms with Gasteiger partial charge in [-0.25, -0.2) is 0 Å². The molecule has 2 atom stereocenters. The van der Waals surface area contributed by atoms with Crippen molar-refractivity contribution in [2.45, 2.75) is 25.6 Å². The van der Waals surface area contributed by atoms with Crippen molar-refractivity contribution in [1.82, 2.24) is 5.32 Å². The summed E-state index contributed by atoms with van der Waals surface area (Å²) in [5.41, 5.74) is 2.84. The van der Waals surface area contributed by atoms with Gasteiger partial charge in [0.2, 0.25) is 0 Å². The molecule has 0 aromatic heterocycles. The zero-order valence-electron chi connectivity index (χ0n) is 16.7. The Bertz CT molecular complexity index is 919. The number of carbonyl (C=O) groups excluding carboxylic acids is 1. The number of amides is 1. The molecule has 30 heavy (non-hydrogen) atoms. The van der Waals surface area contributed by atoms with Gasteiger partial charge >= 0.3 is 6.61 Å². The van der Waals surface area contributed by atoms with Gasteiger partial charge in [0.1, 0.15) is 11.8 Å². The van der Waals surface area contributed by atoms with E-state index in [0.717, 1.165) is 16.7 Å². The minimum atomic E-state index is -2.87. The zero-order chi connectivity index (χ0) is 21.3. The van der Waals surface area contributed by atoms with Crippen LogP contribution in [0, 0.1) is 0 Å². The van der Waals surface area contributed by atoms with Crippen LogP contribution in [0.1, 0.15) is 35.7 Å². The van der Waals surface area contributed by atoms with Crippen molar-refractivity contribution in [2.75, 3.05) is 6.54 Å². The molecule has 3 aromatic rings. The first-order valence-electron chi connectivity index (χ1n) is 9.80. The van der Waals surface area contributed by atoms with E-state index in [9.17, 15) is 13.6 Å². The van der Waals surface area contributed by atoms with E-state index in [0.29, 0.717) is 0 Å². The van der Waals surface area contributed by atoms with Crippen LogP contribution < -0.4 is 15.4 Å². The van der Waals surface area contributed by atoms with Crippen LogP contribution in [0.2, 0.25) is 0 Å². The van der Waals surface area contributed by atoms with E-state index >= 15 is 0 Å².